The highest BCUT2D eigenvalue weighted by Crippen LogP contribution is 2.29. The Hall–Kier alpha value is -1.96. The van der Waals surface area contributed by atoms with Gasteiger partial charge in [0.15, 0.2) is 5.82 Å². The molecule has 0 saturated carbocycles. The van der Waals surface area contributed by atoms with Crippen LogP contribution >= 0.6 is 11.3 Å². The Labute approximate surface area is 151 Å². The Morgan fingerprint density at radius 3 is 2.88 bits per heavy atom. The monoisotopic (exact) mass is 360 g/mol. The van der Waals surface area contributed by atoms with Crippen LogP contribution in [0.15, 0.2) is 11.6 Å². The molecule has 1 fully saturated rings. The SMILES string of the molecule is O=C(NCc1nnc2n1CCCCC2)N1CCC(c2nccs2)CC1. The molecule has 1 N–H and O–H groups in total. The number of urea groups is 1. The minimum absolute atomic E-state index is 0.00330. The van der Waals surface area contributed by atoms with Gasteiger partial charge in [0, 0.05) is 43.5 Å². The quantitative estimate of drug-likeness (QED) is 0.913. The summed E-state index contributed by atoms with van der Waals surface area (Å²) in [5.41, 5.74) is 0. The fourth-order valence-electron chi connectivity index (χ4n) is 3.71. The number of aromatic nitrogens is 4. The third-order valence-electron chi connectivity index (χ3n) is 5.17. The van der Waals surface area contributed by atoms with Crippen molar-refractivity contribution in [1.82, 2.24) is 30.0 Å². The molecule has 0 aromatic carbocycles. The number of hydrogen-bond donors (Lipinski definition) is 1. The summed E-state index contributed by atoms with van der Waals surface area (Å²) >= 11 is 1.71. The Morgan fingerprint density at radius 2 is 2.08 bits per heavy atom. The highest BCUT2D eigenvalue weighted by Gasteiger charge is 2.25. The van der Waals surface area contributed by atoms with Gasteiger partial charge in [-0.25, -0.2) is 9.78 Å². The lowest BCUT2D eigenvalue weighted by atomic mass is 9.98. The number of carbonyl (C=O) groups is 1. The number of carbonyl (C=O) groups excluding carboxylic acids is 1. The first-order valence-corrected chi connectivity index (χ1v) is 10.0. The van der Waals surface area contributed by atoms with E-state index < -0.39 is 0 Å². The minimum Gasteiger partial charge on any atom is -0.331 e. The van der Waals surface area contributed by atoms with Gasteiger partial charge in [0.1, 0.15) is 5.82 Å². The molecular weight excluding hydrogens is 336 g/mol. The maximum absolute atomic E-state index is 12.5. The van der Waals surface area contributed by atoms with Gasteiger partial charge in [-0.3, -0.25) is 0 Å². The van der Waals surface area contributed by atoms with E-state index >= 15 is 0 Å². The molecule has 0 atom stereocenters. The van der Waals surface area contributed by atoms with Crippen LogP contribution in [0.4, 0.5) is 4.79 Å². The van der Waals surface area contributed by atoms with E-state index in [-0.39, 0.29) is 6.03 Å². The average Bonchev–Trinajstić information content (AvgIpc) is 3.25. The summed E-state index contributed by atoms with van der Waals surface area (Å²) in [6.07, 6.45) is 8.41. The zero-order valence-corrected chi connectivity index (χ0v) is 15.2. The molecule has 2 aliphatic rings. The summed E-state index contributed by atoms with van der Waals surface area (Å²) in [4.78, 5) is 18.8. The molecule has 1 saturated heterocycles. The third-order valence-corrected chi connectivity index (χ3v) is 6.10. The molecule has 0 radical (unpaired) electrons. The van der Waals surface area contributed by atoms with Crippen LogP contribution in [-0.2, 0) is 19.5 Å². The number of amides is 2. The van der Waals surface area contributed by atoms with Crippen LogP contribution < -0.4 is 5.32 Å². The van der Waals surface area contributed by atoms with E-state index in [1.54, 1.807) is 11.3 Å². The van der Waals surface area contributed by atoms with Gasteiger partial charge < -0.3 is 14.8 Å². The molecule has 2 aromatic heterocycles. The van der Waals surface area contributed by atoms with E-state index in [9.17, 15) is 4.79 Å². The van der Waals surface area contributed by atoms with E-state index in [1.807, 2.05) is 16.5 Å². The van der Waals surface area contributed by atoms with Crippen molar-refractivity contribution in [3.63, 3.8) is 0 Å². The predicted molar refractivity (Wildman–Crippen MR) is 95.5 cm³/mol. The Kier molecular flexibility index (Phi) is 4.96. The molecule has 134 valence electrons. The molecule has 0 aliphatic carbocycles. The van der Waals surface area contributed by atoms with Crippen molar-refractivity contribution in [2.75, 3.05) is 13.1 Å². The number of aryl methyl sites for hydroxylation is 1. The van der Waals surface area contributed by atoms with Gasteiger partial charge >= 0.3 is 6.03 Å². The van der Waals surface area contributed by atoms with Gasteiger partial charge in [-0.05, 0) is 25.7 Å². The van der Waals surface area contributed by atoms with E-state index in [2.05, 4.69) is 25.1 Å². The zero-order valence-electron chi connectivity index (χ0n) is 14.4. The van der Waals surface area contributed by atoms with Gasteiger partial charge in [0.05, 0.1) is 11.6 Å². The molecule has 25 heavy (non-hydrogen) atoms. The fourth-order valence-corrected chi connectivity index (χ4v) is 4.52. The number of rotatable bonds is 3. The van der Waals surface area contributed by atoms with Crippen LogP contribution in [0.2, 0.25) is 0 Å². The van der Waals surface area contributed by atoms with Crippen molar-refractivity contribution in [1.29, 1.82) is 0 Å². The number of nitrogens with zero attached hydrogens (tertiary/aromatic N) is 5. The molecule has 0 unspecified atom stereocenters. The number of piperidine rings is 1. The van der Waals surface area contributed by atoms with Crippen molar-refractivity contribution in [2.45, 2.75) is 57.5 Å². The molecule has 0 spiro atoms. The Bertz CT molecular complexity index is 705. The molecule has 2 amide bonds. The van der Waals surface area contributed by atoms with E-state index in [4.69, 9.17) is 0 Å². The van der Waals surface area contributed by atoms with Crippen LogP contribution in [0.25, 0.3) is 0 Å². The summed E-state index contributed by atoms with van der Waals surface area (Å²) in [5.74, 6) is 2.44. The van der Waals surface area contributed by atoms with Crippen molar-refractivity contribution in [3.8, 4) is 0 Å². The van der Waals surface area contributed by atoms with Crippen molar-refractivity contribution in [3.05, 3.63) is 28.2 Å². The molecule has 8 heteroatoms. The first-order chi connectivity index (χ1) is 12.3. The highest BCUT2D eigenvalue weighted by molar-refractivity contribution is 7.09. The summed E-state index contributed by atoms with van der Waals surface area (Å²) < 4.78 is 2.18. The summed E-state index contributed by atoms with van der Waals surface area (Å²) in [7, 11) is 0. The number of likely N-dealkylation sites (tertiary alicyclic amines) is 1. The van der Waals surface area contributed by atoms with Crippen LogP contribution in [0, 0.1) is 0 Å². The van der Waals surface area contributed by atoms with Crippen molar-refractivity contribution in [2.24, 2.45) is 0 Å². The largest absolute Gasteiger partial charge is 0.331 e. The smallest absolute Gasteiger partial charge is 0.317 e. The second-order valence-electron chi connectivity index (χ2n) is 6.79. The lowest BCUT2D eigenvalue weighted by molar-refractivity contribution is 0.180. The molecule has 2 aromatic rings. The molecule has 0 bridgehead atoms. The van der Waals surface area contributed by atoms with E-state index in [0.29, 0.717) is 12.5 Å². The minimum atomic E-state index is 0.00330. The first-order valence-electron chi connectivity index (χ1n) is 9.14. The summed E-state index contributed by atoms with van der Waals surface area (Å²) in [6, 6.07) is 0.00330. The Balaban J connectivity index is 1.29. The predicted octanol–water partition coefficient (Wildman–Crippen LogP) is 2.55. The van der Waals surface area contributed by atoms with Crippen LogP contribution in [0.5, 0.6) is 0 Å². The summed E-state index contributed by atoms with van der Waals surface area (Å²) in [5, 5.41) is 14.8. The molecule has 4 rings (SSSR count). The zero-order chi connectivity index (χ0) is 17.1. The van der Waals surface area contributed by atoms with Gasteiger partial charge in [-0.2, -0.15) is 0 Å². The van der Waals surface area contributed by atoms with Crippen molar-refractivity contribution >= 4 is 17.4 Å². The number of fused-ring (bicyclic) bond motifs is 1. The van der Waals surface area contributed by atoms with Crippen LogP contribution in [0.1, 0.15) is 54.7 Å². The highest BCUT2D eigenvalue weighted by atomic mass is 32.1. The molecule has 2 aliphatic heterocycles. The van der Waals surface area contributed by atoms with Gasteiger partial charge in [-0.1, -0.05) is 6.42 Å². The first kappa shape index (κ1) is 16.5. The second kappa shape index (κ2) is 7.51. The lowest BCUT2D eigenvalue weighted by Crippen LogP contribution is -2.44. The van der Waals surface area contributed by atoms with Crippen molar-refractivity contribution < 1.29 is 4.79 Å². The average molecular weight is 360 g/mol. The maximum atomic E-state index is 12.5. The topological polar surface area (TPSA) is 75.9 Å². The van der Waals surface area contributed by atoms with Gasteiger partial charge in [0.2, 0.25) is 0 Å². The van der Waals surface area contributed by atoms with Gasteiger partial charge in [-0.15, -0.1) is 21.5 Å². The number of nitrogens with one attached hydrogen (secondary N) is 1. The normalized spacial score (nSPS) is 18.6. The second-order valence-corrected chi connectivity index (χ2v) is 7.71. The maximum Gasteiger partial charge on any atom is 0.317 e. The standard InChI is InChI=1S/C17H24N6OS/c24-17(22-9-5-13(6-10-22)16-18-7-11-25-16)19-12-15-21-20-14-4-2-1-3-8-23(14)15/h7,11,13H,1-6,8-10,12H2,(H,19,24). The molecule has 4 heterocycles. The van der Waals surface area contributed by atoms with Crippen LogP contribution in [0.3, 0.4) is 0 Å². The van der Waals surface area contributed by atoms with Gasteiger partial charge in [0.25, 0.3) is 0 Å². The third kappa shape index (κ3) is 3.68. The number of thiazole rings is 1. The summed E-state index contributed by atoms with van der Waals surface area (Å²) in [6.45, 7) is 2.99. The molecular formula is C17H24N6OS. The van der Waals surface area contributed by atoms with E-state index in [0.717, 1.165) is 57.0 Å². The van der Waals surface area contributed by atoms with E-state index in [1.165, 1.54) is 17.8 Å². The van der Waals surface area contributed by atoms with Crippen LogP contribution in [-0.4, -0.2) is 43.8 Å². The fraction of sp³-hybridized carbons (Fsp3) is 0.647. The Morgan fingerprint density at radius 1 is 1.20 bits per heavy atom. The molecule has 7 nitrogen and oxygen atoms in total. The number of hydrogen-bond acceptors (Lipinski definition) is 5. The lowest BCUT2D eigenvalue weighted by Gasteiger charge is -2.31.